The first-order valence-corrected chi connectivity index (χ1v) is 5.97. The number of carboxylic acid groups (broad SMARTS) is 1. The summed E-state index contributed by atoms with van der Waals surface area (Å²) in [5.74, 6) is 0.684. The van der Waals surface area contributed by atoms with Gasteiger partial charge in [0.25, 0.3) is 0 Å². The predicted octanol–water partition coefficient (Wildman–Crippen LogP) is 1.58. The fraction of sp³-hybridized carbons (Fsp3) is 0.500. The zero-order valence-corrected chi connectivity index (χ0v) is 9.89. The van der Waals surface area contributed by atoms with Crippen LogP contribution in [-0.4, -0.2) is 27.3 Å². The highest BCUT2D eigenvalue weighted by atomic mass is 32.2. The molecule has 0 aliphatic carbocycles. The topological polar surface area (TPSA) is 63.1 Å². The lowest BCUT2D eigenvalue weighted by molar-refractivity contribution is -0.136. The van der Waals surface area contributed by atoms with Gasteiger partial charge in [-0.15, -0.1) is 0 Å². The van der Waals surface area contributed by atoms with Crippen LogP contribution in [0.1, 0.15) is 22.8 Å². The van der Waals surface area contributed by atoms with E-state index >= 15 is 0 Å². The molecule has 0 radical (unpaired) electrons. The Hall–Kier alpha value is -1.10. The number of rotatable bonds is 4. The van der Waals surface area contributed by atoms with Crippen LogP contribution in [0, 0.1) is 13.8 Å². The lowest BCUT2D eigenvalue weighted by atomic mass is 10.1. The molecular weight excluding hydrogens is 212 g/mol. The van der Waals surface area contributed by atoms with Gasteiger partial charge >= 0.3 is 5.97 Å². The number of aryl methyl sites for hydroxylation is 2. The number of thioether (sulfide) groups is 1. The van der Waals surface area contributed by atoms with Crippen molar-refractivity contribution in [2.45, 2.75) is 26.0 Å². The number of aliphatic carboxylic acids is 1. The number of carbonyl (C=O) groups is 1. The Morgan fingerprint density at radius 2 is 1.87 bits per heavy atom. The Morgan fingerprint density at radius 3 is 2.27 bits per heavy atom. The minimum absolute atomic E-state index is 0.00276. The molecule has 0 atom stereocenters. The zero-order valence-electron chi connectivity index (χ0n) is 9.07. The van der Waals surface area contributed by atoms with E-state index in [4.69, 9.17) is 5.11 Å². The van der Waals surface area contributed by atoms with Crippen molar-refractivity contribution in [3.05, 3.63) is 22.8 Å². The highest BCUT2D eigenvalue weighted by molar-refractivity contribution is 7.97. The molecule has 4 nitrogen and oxygen atoms in total. The third-order valence-electron chi connectivity index (χ3n) is 2.07. The lowest BCUT2D eigenvalue weighted by Crippen LogP contribution is -2.09. The van der Waals surface area contributed by atoms with Crippen molar-refractivity contribution >= 4 is 17.7 Å². The van der Waals surface area contributed by atoms with E-state index < -0.39 is 5.97 Å². The molecule has 1 aromatic heterocycles. The summed E-state index contributed by atoms with van der Waals surface area (Å²) in [7, 11) is 0. The van der Waals surface area contributed by atoms with Crippen molar-refractivity contribution in [2.75, 3.05) is 6.26 Å². The summed E-state index contributed by atoms with van der Waals surface area (Å²) in [5.41, 5.74) is 2.27. The first-order chi connectivity index (χ1) is 7.04. The molecule has 1 aromatic rings. The smallest absolute Gasteiger partial charge is 0.307 e. The van der Waals surface area contributed by atoms with Gasteiger partial charge in [-0.1, -0.05) is 0 Å². The van der Waals surface area contributed by atoms with E-state index in [0.29, 0.717) is 0 Å². The minimum Gasteiger partial charge on any atom is -0.481 e. The highest BCUT2D eigenvalue weighted by Gasteiger charge is 2.11. The number of aromatic nitrogens is 2. The fourth-order valence-electron chi connectivity index (χ4n) is 1.41. The third-order valence-corrected chi connectivity index (χ3v) is 2.62. The summed E-state index contributed by atoms with van der Waals surface area (Å²) in [6.45, 7) is 3.66. The van der Waals surface area contributed by atoms with Gasteiger partial charge in [0.1, 0.15) is 5.82 Å². The van der Waals surface area contributed by atoms with Crippen LogP contribution in [0.5, 0.6) is 0 Å². The number of carboxylic acids is 1. The molecule has 0 bridgehead atoms. The van der Waals surface area contributed by atoms with Crippen LogP contribution in [0.15, 0.2) is 0 Å². The van der Waals surface area contributed by atoms with E-state index in [2.05, 4.69) is 9.97 Å². The Labute approximate surface area is 93.1 Å². The summed E-state index contributed by atoms with van der Waals surface area (Å²) in [6.07, 6.45) is 1.98. The first-order valence-electron chi connectivity index (χ1n) is 4.58. The average molecular weight is 226 g/mol. The SMILES string of the molecule is CSCc1nc(C)c(CC(=O)O)c(C)n1. The quantitative estimate of drug-likeness (QED) is 0.844. The van der Waals surface area contributed by atoms with Crippen LogP contribution in [0.4, 0.5) is 0 Å². The Balaban J connectivity index is 3.03. The monoisotopic (exact) mass is 226 g/mol. The van der Waals surface area contributed by atoms with Crippen molar-refractivity contribution in [1.82, 2.24) is 9.97 Å². The van der Waals surface area contributed by atoms with Gasteiger partial charge in [-0.3, -0.25) is 4.79 Å². The Bertz CT molecular complexity index is 357. The van der Waals surface area contributed by atoms with Crippen molar-refractivity contribution in [3.63, 3.8) is 0 Å². The molecule has 0 aliphatic rings. The van der Waals surface area contributed by atoms with Gasteiger partial charge < -0.3 is 5.11 Å². The maximum absolute atomic E-state index is 10.6. The van der Waals surface area contributed by atoms with E-state index in [1.165, 1.54) is 0 Å². The van der Waals surface area contributed by atoms with E-state index in [-0.39, 0.29) is 6.42 Å². The van der Waals surface area contributed by atoms with E-state index in [9.17, 15) is 4.79 Å². The summed E-state index contributed by atoms with van der Waals surface area (Å²) in [6, 6.07) is 0. The van der Waals surface area contributed by atoms with Gasteiger partial charge in [-0.2, -0.15) is 11.8 Å². The molecule has 0 unspecified atom stereocenters. The summed E-state index contributed by atoms with van der Waals surface area (Å²) < 4.78 is 0. The first kappa shape index (κ1) is 12.0. The molecule has 0 aromatic carbocycles. The normalized spacial score (nSPS) is 10.3. The molecule has 5 heteroatoms. The van der Waals surface area contributed by atoms with Gasteiger partial charge in [0.15, 0.2) is 0 Å². The lowest BCUT2D eigenvalue weighted by Gasteiger charge is -2.08. The van der Waals surface area contributed by atoms with E-state index in [1.807, 2.05) is 20.1 Å². The highest BCUT2D eigenvalue weighted by Crippen LogP contribution is 2.13. The minimum atomic E-state index is -0.845. The number of hydrogen-bond donors (Lipinski definition) is 1. The van der Waals surface area contributed by atoms with Gasteiger partial charge in [-0.25, -0.2) is 9.97 Å². The molecule has 1 rings (SSSR count). The van der Waals surface area contributed by atoms with Gasteiger partial charge in [0.05, 0.1) is 12.2 Å². The van der Waals surface area contributed by atoms with Crippen LogP contribution >= 0.6 is 11.8 Å². The number of nitrogens with zero attached hydrogens (tertiary/aromatic N) is 2. The van der Waals surface area contributed by atoms with Gasteiger partial charge in [0.2, 0.25) is 0 Å². The molecule has 1 N–H and O–H groups in total. The molecule has 1 heterocycles. The van der Waals surface area contributed by atoms with Crippen molar-refractivity contribution in [1.29, 1.82) is 0 Å². The standard InChI is InChI=1S/C10H14N2O2S/c1-6-8(4-10(13)14)7(2)12-9(11-6)5-15-3/h4-5H2,1-3H3,(H,13,14). The largest absolute Gasteiger partial charge is 0.481 e. The average Bonchev–Trinajstić information content (AvgIpc) is 2.11. The summed E-state index contributed by atoms with van der Waals surface area (Å²) in [4.78, 5) is 19.2. The fourth-order valence-corrected chi connectivity index (χ4v) is 1.80. The van der Waals surface area contributed by atoms with Crippen LogP contribution in [0.2, 0.25) is 0 Å². The predicted molar refractivity (Wildman–Crippen MR) is 60.1 cm³/mol. The molecule has 0 saturated carbocycles. The molecule has 0 fully saturated rings. The van der Waals surface area contributed by atoms with Crippen molar-refractivity contribution < 1.29 is 9.90 Å². The Morgan fingerprint density at radius 1 is 1.33 bits per heavy atom. The molecule has 15 heavy (non-hydrogen) atoms. The van der Waals surface area contributed by atoms with Crippen LogP contribution < -0.4 is 0 Å². The second-order valence-corrected chi connectivity index (χ2v) is 4.16. The molecule has 0 amide bonds. The van der Waals surface area contributed by atoms with E-state index in [0.717, 1.165) is 28.5 Å². The third kappa shape index (κ3) is 3.20. The van der Waals surface area contributed by atoms with Gasteiger partial charge in [0, 0.05) is 17.0 Å². The van der Waals surface area contributed by atoms with Crippen LogP contribution in [0.25, 0.3) is 0 Å². The van der Waals surface area contributed by atoms with Gasteiger partial charge in [-0.05, 0) is 20.1 Å². The maximum Gasteiger partial charge on any atom is 0.307 e. The van der Waals surface area contributed by atoms with Crippen molar-refractivity contribution in [2.24, 2.45) is 0 Å². The molecule has 0 aliphatic heterocycles. The van der Waals surface area contributed by atoms with Crippen LogP contribution in [-0.2, 0) is 17.0 Å². The molecular formula is C10H14N2O2S. The Kier molecular flexibility index (Phi) is 4.08. The zero-order chi connectivity index (χ0) is 11.4. The molecule has 0 spiro atoms. The summed E-state index contributed by atoms with van der Waals surface area (Å²) in [5, 5.41) is 8.73. The molecule has 82 valence electrons. The maximum atomic E-state index is 10.6. The second-order valence-electron chi connectivity index (χ2n) is 3.29. The molecule has 0 saturated heterocycles. The second kappa shape index (κ2) is 5.11. The van der Waals surface area contributed by atoms with Crippen LogP contribution in [0.3, 0.4) is 0 Å². The van der Waals surface area contributed by atoms with Crippen molar-refractivity contribution in [3.8, 4) is 0 Å². The number of hydrogen-bond acceptors (Lipinski definition) is 4. The van der Waals surface area contributed by atoms with E-state index in [1.54, 1.807) is 11.8 Å². The summed E-state index contributed by atoms with van der Waals surface area (Å²) >= 11 is 1.65.